The maximum absolute atomic E-state index is 12.0. The van der Waals surface area contributed by atoms with Gasteiger partial charge in [-0.25, -0.2) is 0 Å². The molecule has 1 atom stereocenters. The number of rotatable bonds is 6. The number of benzene rings is 1. The predicted octanol–water partition coefficient (Wildman–Crippen LogP) is 2.49. The van der Waals surface area contributed by atoms with Crippen molar-refractivity contribution in [3.05, 3.63) is 28.2 Å². The fourth-order valence-electron chi connectivity index (χ4n) is 2.37. The van der Waals surface area contributed by atoms with E-state index in [0.29, 0.717) is 54.8 Å². The van der Waals surface area contributed by atoms with Crippen molar-refractivity contribution in [2.45, 2.75) is 19.3 Å². The van der Waals surface area contributed by atoms with Gasteiger partial charge in [-0.15, -0.1) is 0 Å². The summed E-state index contributed by atoms with van der Waals surface area (Å²) < 4.78 is 5.53. The highest BCUT2D eigenvalue weighted by Crippen LogP contribution is 2.27. The molecular formula is C15H18Cl2N2O3. The van der Waals surface area contributed by atoms with Gasteiger partial charge in [0, 0.05) is 24.5 Å². The van der Waals surface area contributed by atoms with E-state index in [1.165, 1.54) is 0 Å². The van der Waals surface area contributed by atoms with Gasteiger partial charge in [-0.2, -0.15) is 0 Å². The molecule has 2 N–H and O–H groups in total. The molecule has 22 heavy (non-hydrogen) atoms. The summed E-state index contributed by atoms with van der Waals surface area (Å²) in [5, 5.41) is 0.994. The Labute approximate surface area is 139 Å². The summed E-state index contributed by atoms with van der Waals surface area (Å²) in [5.74, 6) is 0.0205. The minimum absolute atomic E-state index is 0.0227. The van der Waals surface area contributed by atoms with E-state index in [9.17, 15) is 9.59 Å². The minimum Gasteiger partial charge on any atom is -0.492 e. The van der Waals surface area contributed by atoms with E-state index in [1.54, 1.807) is 23.1 Å². The van der Waals surface area contributed by atoms with E-state index in [1.807, 2.05) is 0 Å². The van der Waals surface area contributed by atoms with Gasteiger partial charge in [-0.1, -0.05) is 23.2 Å². The number of ether oxygens (including phenoxy) is 1. The molecular weight excluding hydrogens is 327 g/mol. The van der Waals surface area contributed by atoms with Crippen molar-refractivity contribution in [3.8, 4) is 5.75 Å². The van der Waals surface area contributed by atoms with Gasteiger partial charge in [0.05, 0.1) is 17.5 Å². The van der Waals surface area contributed by atoms with Crippen LogP contribution in [0.2, 0.25) is 10.0 Å². The van der Waals surface area contributed by atoms with Crippen molar-refractivity contribution >= 4 is 35.0 Å². The zero-order valence-electron chi connectivity index (χ0n) is 12.1. The van der Waals surface area contributed by atoms with Crippen molar-refractivity contribution < 1.29 is 14.3 Å². The van der Waals surface area contributed by atoms with Gasteiger partial charge in [0.1, 0.15) is 5.75 Å². The van der Waals surface area contributed by atoms with E-state index in [0.717, 1.165) is 0 Å². The first kappa shape index (κ1) is 16.9. The van der Waals surface area contributed by atoms with Crippen LogP contribution in [-0.2, 0) is 9.59 Å². The molecule has 1 saturated heterocycles. The van der Waals surface area contributed by atoms with E-state index in [4.69, 9.17) is 33.7 Å². The Kier molecular flexibility index (Phi) is 5.91. The number of hydrogen-bond donors (Lipinski definition) is 1. The summed E-state index contributed by atoms with van der Waals surface area (Å²) in [6, 6.07) is 5.00. The lowest BCUT2D eigenvalue weighted by Gasteiger charge is -2.16. The first-order valence-electron chi connectivity index (χ1n) is 7.12. The number of hydrogen-bond acceptors (Lipinski definition) is 3. The van der Waals surface area contributed by atoms with Crippen LogP contribution < -0.4 is 10.5 Å². The summed E-state index contributed by atoms with van der Waals surface area (Å²) in [6.45, 7) is 1.41. The second-order valence-electron chi connectivity index (χ2n) is 5.25. The first-order valence-corrected chi connectivity index (χ1v) is 7.88. The van der Waals surface area contributed by atoms with Gasteiger partial charge < -0.3 is 15.4 Å². The zero-order valence-corrected chi connectivity index (χ0v) is 13.6. The van der Waals surface area contributed by atoms with E-state index in [2.05, 4.69) is 0 Å². The van der Waals surface area contributed by atoms with E-state index in [-0.39, 0.29) is 17.7 Å². The average molecular weight is 345 g/mol. The molecule has 0 spiro atoms. The summed E-state index contributed by atoms with van der Waals surface area (Å²) in [7, 11) is 0. The quantitative estimate of drug-likeness (QED) is 0.805. The lowest BCUT2D eigenvalue weighted by atomic mass is 10.1. The molecule has 0 aliphatic carbocycles. The second-order valence-corrected chi connectivity index (χ2v) is 6.10. The standard InChI is InChI=1S/C15H18Cl2N2O3/c16-11-3-4-13(12(17)8-11)22-7-1-2-14(20)19-6-5-10(9-19)15(18)21/h3-4,8,10H,1-2,5-7,9H2,(H2,18,21)/t10-/m1/s1. The Balaban J connectivity index is 1.70. The van der Waals surface area contributed by atoms with Crippen LogP contribution in [0.25, 0.3) is 0 Å². The summed E-state index contributed by atoms with van der Waals surface area (Å²) in [6.07, 6.45) is 1.60. The summed E-state index contributed by atoms with van der Waals surface area (Å²) in [5.41, 5.74) is 5.25. The van der Waals surface area contributed by atoms with Crippen molar-refractivity contribution in [1.82, 2.24) is 4.90 Å². The smallest absolute Gasteiger partial charge is 0.222 e. The van der Waals surface area contributed by atoms with Gasteiger partial charge in [0.2, 0.25) is 11.8 Å². The monoisotopic (exact) mass is 344 g/mol. The molecule has 1 aliphatic rings. The third-order valence-corrected chi connectivity index (χ3v) is 4.16. The molecule has 5 nitrogen and oxygen atoms in total. The van der Waals surface area contributed by atoms with Crippen LogP contribution in [0.3, 0.4) is 0 Å². The molecule has 0 bridgehead atoms. The van der Waals surface area contributed by atoms with Crippen LogP contribution in [0.5, 0.6) is 5.75 Å². The molecule has 120 valence electrons. The molecule has 1 heterocycles. The maximum Gasteiger partial charge on any atom is 0.222 e. The van der Waals surface area contributed by atoms with Crippen molar-refractivity contribution in [1.29, 1.82) is 0 Å². The molecule has 1 fully saturated rings. The number of primary amides is 1. The highest BCUT2D eigenvalue weighted by atomic mass is 35.5. The Hall–Kier alpha value is -1.46. The molecule has 2 rings (SSSR count). The van der Waals surface area contributed by atoms with Crippen LogP contribution in [0.1, 0.15) is 19.3 Å². The molecule has 2 amide bonds. The highest BCUT2D eigenvalue weighted by molar-refractivity contribution is 6.35. The maximum atomic E-state index is 12.0. The van der Waals surface area contributed by atoms with Crippen molar-refractivity contribution in [2.24, 2.45) is 11.7 Å². The fourth-order valence-corrected chi connectivity index (χ4v) is 2.84. The van der Waals surface area contributed by atoms with Crippen molar-refractivity contribution in [2.75, 3.05) is 19.7 Å². The Morgan fingerprint density at radius 3 is 2.77 bits per heavy atom. The van der Waals surface area contributed by atoms with E-state index >= 15 is 0 Å². The molecule has 0 unspecified atom stereocenters. The van der Waals surface area contributed by atoms with Crippen LogP contribution in [-0.4, -0.2) is 36.4 Å². The Morgan fingerprint density at radius 1 is 1.36 bits per heavy atom. The summed E-state index contributed by atoms with van der Waals surface area (Å²) >= 11 is 11.8. The van der Waals surface area contributed by atoms with Crippen LogP contribution >= 0.6 is 23.2 Å². The number of nitrogens with zero attached hydrogens (tertiary/aromatic N) is 1. The number of nitrogens with two attached hydrogens (primary N) is 1. The Bertz CT molecular complexity index is 566. The number of carbonyl (C=O) groups excluding carboxylic acids is 2. The SMILES string of the molecule is NC(=O)[C@@H]1CCN(C(=O)CCCOc2ccc(Cl)cc2Cl)C1. The largest absolute Gasteiger partial charge is 0.492 e. The summed E-state index contributed by atoms with van der Waals surface area (Å²) in [4.78, 5) is 24.8. The topological polar surface area (TPSA) is 72.6 Å². The van der Waals surface area contributed by atoms with Crippen molar-refractivity contribution in [3.63, 3.8) is 0 Å². The number of halogens is 2. The third-order valence-electron chi connectivity index (χ3n) is 3.63. The minimum atomic E-state index is -0.337. The van der Waals surface area contributed by atoms with Gasteiger partial charge >= 0.3 is 0 Å². The number of amides is 2. The predicted molar refractivity (Wildman–Crippen MR) is 85.1 cm³/mol. The molecule has 0 radical (unpaired) electrons. The molecule has 0 aromatic heterocycles. The molecule has 7 heteroatoms. The van der Waals surface area contributed by atoms with Crippen LogP contribution in [0, 0.1) is 5.92 Å². The Morgan fingerprint density at radius 2 is 2.14 bits per heavy atom. The van der Waals surface area contributed by atoms with Crippen LogP contribution in [0.4, 0.5) is 0 Å². The normalized spacial score (nSPS) is 17.5. The average Bonchev–Trinajstić information content (AvgIpc) is 2.95. The number of likely N-dealkylation sites (tertiary alicyclic amines) is 1. The van der Waals surface area contributed by atoms with Gasteiger partial charge in [-0.05, 0) is 31.0 Å². The third kappa shape index (κ3) is 4.52. The second kappa shape index (κ2) is 7.70. The number of carbonyl (C=O) groups is 2. The molecule has 1 aliphatic heterocycles. The van der Waals surface area contributed by atoms with Crippen LogP contribution in [0.15, 0.2) is 18.2 Å². The lowest BCUT2D eigenvalue weighted by molar-refractivity contribution is -0.130. The molecule has 1 aromatic rings. The van der Waals surface area contributed by atoms with E-state index < -0.39 is 0 Å². The van der Waals surface area contributed by atoms with Gasteiger partial charge in [0.15, 0.2) is 0 Å². The lowest BCUT2D eigenvalue weighted by Crippen LogP contribution is -2.31. The molecule has 1 aromatic carbocycles. The highest BCUT2D eigenvalue weighted by Gasteiger charge is 2.29. The zero-order chi connectivity index (χ0) is 16.1. The first-order chi connectivity index (χ1) is 10.5. The fraction of sp³-hybridized carbons (Fsp3) is 0.467. The molecule has 0 saturated carbocycles. The van der Waals surface area contributed by atoms with Gasteiger partial charge in [-0.3, -0.25) is 9.59 Å². The van der Waals surface area contributed by atoms with Gasteiger partial charge in [0.25, 0.3) is 0 Å².